The van der Waals surface area contributed by atoms with Crippen molar-refractivity contribution in [3.05, 3.63) is 0 Å². The van der Waals surface area contributed by atoms with Crippen LogP contribution in [0.5, 0.6) is 0 Å². The molecule has 0 aliphatic rings. The molecule has 0 rings (SSSR count). The summed E-state index contributed by atoms with van der Waals surface area (Å²) in [6.07, 6.45) is -3.10. The highest BCUT2D eigenvalue weighted by atomic mass is 32.2. The van der Waals surface area contributed by atoms with Gasteiger partial charge in [0.05, 0.1) is 18.8 Å². The second kappa shape index (κ2) is 7.47. The first-order chi connectivity index (χ1) is 7.33. The van der Waals surface area contributed by atoms with Gasteiger partial charge in [-0.2, -0.15) is 0 Å². The zero-order valence-electron chi connectivity index (χ0n) is 8.36. The number of hydrogen-bond donors (Lipinski definition) is 2. The lowest BCUT2D eigenvalue weighted by Crippen LogP contribution is -2.30. The lowest BCUT2D eigenvalue weighted by Gasteiger charge is -2.06. The third-order valence-corrected chi connectivity index (χ3v) is 2.78. The van der Waals surface area contributed by atoms with Gasteiger partial charge in [-0.05, 0) is 0 Å². The van der Waals surface area contributed by atoms with Gasteiger partial charge in [0.25, 0.3) is 6.43 Å². The molecule has 0 heterocycles. The average Bonchev–Trinajstić information content (AvgIpc) is 2.14. The molecule has 0 unspecified atom stereocenters. The van der Waals surface area contributed by atoms with E-state index in [1.54, 1.807) is 0 Å². The van der Waals surface area contributed by atoms with Crippen LogP contribution in [0.25, 0.3) is 0 Å². The van der Waals surface area contributed by atoms with E-state index in [2.05, 4.69) is 4.74 Å². The highest BCUT2D eigenvalue weighted by Gasteiger charge is 2.11. The molecular formula is C7H13F2NO5S. The van der Waals surface area contributed by atoms with Crippen molar-refractivity contribution < 1.29 is 31.8 Å². The minimum absolute atomic E-state index is 0.158. The molecule has 6 nitrogen and oxygen atoms in total. The van der Waals surface area contributed by atoms with Crippen LogP contribution in [0.15, 0.2) is 0 Å². The Morgan fingerprint density at radius 1 is 1.44 bits per heavy atom. The topological polar surface area (TPSA) is 92.7 Å². The second-order valence-electron chi connectivity index (χ2n) is 2.82. The Hall–Kier alpha value is -0.800. The normalized spacial score (nSPS) is 11.9. The van der Waals surface area contributed by atoms with Crippen molar-refractivity contribution in [2.45, 2.75) is 12.8 Å². The van der Waals surface area contributed by atoms with Gasteiger partial charge in [-0.1, -0.05) is 0 Å². The van der Waals surface area contributed by atoms with Crippen LogP contribution < -0.4 is 4.72 Å². The number of rotatable bonds is 9. The van der Waals surface area contributed by atoms with Crippen LogP contribution in [0.4, 0.5) is 8.78 Å². The zero-order valence-corrected chi connectivity index (χ0v) is 9.17. The summed E-state index contributed by atoms with van der Waals surface area (Å²) in [4.78, 5) is 10.1. The summed E-state index contributed by atoms with van der Waals surface area (Å²) in [7, 11) is -3.68. The Morgan fingerprint density at radius 3 is 2.56 bits per heavy atom. The molecule has 16 heavy (non-hydrogen) atoms. The van der Waals surface area contributed by atoms with Crippen molar-refractivity contribution in [2.75, 3.05) is 25.5 Å². The molecule has 0 bridgehead atoms. The molecule has 0 radical (unpaired) electrons. The van der Waals surface area contributed by atoms with E-state index >= 15 is 0 Å². The smallest absolute Gasteiger partial charge is 0.304 e. The van der Waals surface area contributed by atoms with Gasteiger partial charge in [0.2, 0.25) is 10.0 Å². The molecule has 0 amide bonds. The van der Waals surface area contributed by atoms with E-state index in [-0.39, 0.29) is 13.2 Å². The zero-order chi connectivity index (χ0) is 12.6. The molecular weight excluding hydrogens is 248 g/mol. The first-order valence-electron chi connectivity index (χ1n) is 4.38. The lowest BCUT2D eigenvalue weighted by molar-refractivity contribution is -0.136. The SMILES string of the molecule is O=C(O)CCS(=O)(=O)NCCOCC(F)F. The molecule has 2 N–H and O–H groups in total. The fraction of sp³-hybridized carbons (Fsp3) is 0.857. The van der Waals surface area contributed by atoms with Gasteiger partial charge in [0.1, 0.15) is 6.61 Å². The average molecular weight is 261 g/mol. The second-order valence-corrected chi connectivity index (χ2v) is 4.75. The van der Waals surface area contributed by atoms with Crippen molar-refractivity contribution in [3.63, 3.8) is 0 Å². The molecule has 0 aromatic heterocycles. The molecule has 0 atom stereocenters. The fourth-order valence-electron chi connectivity index (χ4n) is 0.736. The number of halogens is 2. The van der Waals surface area contributed by atoms with Gasteiger partial charge >= 0.3 is 5.97 Å². The van der Waals surface area contributed by atoms with Crippen LogP contribution in [0.3, 0.4) is 0 Å². The Kier molecular flexibility index (Phi) is 7.10. The minimum Gasteiger partial charge on any atom is -0.481 e. The molecule has 0 saturated heterocycles. The number of sulfonamides is 1. The lowest BCUT2D eigenvalue weighted by atomic mass is 10.5. The summed E-state index contributed by atoms with van der Waals surface area (Å²) in [5.41, 5.74) is 0. The Labute approximate surface area is 91.6 Å². The summed E-state index contributed by atoms with van der Waals surface area (Å²) < 4.78 is 51.7. The van der Waals surface area contributed by atoms with E-state index in [9.17, 15) is 22.0 Å². The van der Waals surface area contributed by atoms with E-state index in [1.807, 2.05) is 4.72 Å². The first-order valence-corrected chi connectivity index (χ1v) is 6.04. The predicted octanol–water partition coefficient (Wildman–Crippen LogP) is -0.338. The van der Waals surface area contributed by atoms with E-state index in [4.69, 9.17) is 5.11 Å². The largest absolute Gasteiger partial charge is 0.481 e. The van der Waals surface area contributed by atoms with Crippen LogP contribution in [-0.4, -0.2) is 51.4 Å². The van der Waals surface area contributed by atoms with Crippen LogP contribution >= 0.6 is 0 Å². The summed E-state index contributed by atoms with van der Waals surface area (Å²) in [6, 6.07) is 0. The Morgan fingerprint density at radius 2 is 2.06 bits per heavy atom. The molecule has 0 spiro atoms. The standard InChI is InChI=1S/C7H13F2NO5S/c8-6(9)5-15-3-2-10-16(13,14)4-1-7(11)12/h6,10H,1-5H2,(H,11,12). The summed E-state index contributed by atoms with van der Waals surface area (Å²) in [6.45, 7) is -1.10. The molecule has 0 fully saturated rings. The highest BCUT2D eigenvalue weighted by molar-refractivity contribution is 7.89. The van der Waals surface area contributed by atoms with Crippen LogP contribution in [0, 0.1) is 0 Å². The third-order valence-electron chi connectivity index (χ3n) is 1.40. The minimum atomic E-state index is -3.68. The molecule has 0 aromatic carbocycles. The first kappa shape index (κ1) is 15.2. The summed E-state index contributed by atoms with van der Waals surface area (Å²) >= 11 is 0. The molecule has 0 aliphatic carbocycles. The van der Waals surface area contributed by atoms with E-state index in [0.717, 1.165) is 0 Å². The van der Waals surface area contributed by atoms with Gasteiger partial charge in [0, 0.05) is 6.54 Å². The van der Waals surface area contributed by atoms with Gasteiger partial charge in [-0.3, -0.25) is 4.79 Å². The van der Waals surface area contributed by atoms with Gasteiger partial charge in [0.15, 0.2) is 0 Å². The van der Waals surface area contributed by atoms with E-state index in [1.165, 1.54) is 0 Å². The van der Waals surface area contributed by atoms with Crippen molar-refractivity contribution in [1.29, 1.82) is 0 Å². The summed E-state index contributed by atoms with van der Waals surface area (Å²) in [5.74, 6) is -1.77. The number of hydrogen-bond acceptors (Lipinski definition) is 4. The molecule has 96 valence electrons. The number of alkyl halides is 2. The molecule has 9 heteroatoms. The number of aliphatic carboxylic acids is 1. The maximum Gasteiger partial charge on any atom is 0.304 e. The number of nitrogens with one attached hydrogen (secondary N) is 1. The van der Waals surface area contributed by atoms with Gasteiger partial charge in [-0.25, -0.2) is 21.9 Å². The maximum atomic E-state index is 11.6. The number of carbonyl (C=O) groups is 1. The predicted molar refractivity (Wildman–Crippen MR) is 50.9 cm³/mol. The number of ether oxygens (including phenoxy) is 1. The monoisotopic (exact) mass is 261 g/mol. The van der Waals surface area contributed by atoms with Crippen molar-refractivity contribution in [2.24, 2.45) is 0 Å². The van der Waals surface area contributed by atoms with Crippen molar-refractivity contribution >= 4 is 16.0 Å². The fourth-order valence-corrected chi connectivity index (χ4v) is 1.72. The van der Waals surface area contributed by atoms with Crippen LogP contribution in [-0.2, 0) is 19.6 Å². The quantitative estimate of drug-likeness (QED) is 0.554. The maximum absolute atomic E-state index is 11.6. The van der Waals surface area contributed by atoms with Gasteiger partial charge in [-0.15, -0.1) is 0 Å². The highest BCUT2D eigenvalue weighted by Crippen LogP contribution is 1.92. The number of carboxylic acids is 1. The third kappa shape index (κ3) is 9.74. The Balaban J connectivity index is 3.62. The van der Waals surface area contributed by atoms with E-state index < -0.39 is 41.2 Å². The summed E-state index contributed by atoms with van der Waals surface area (Å²) in [5, 5.41) is 8.25. The molecule has 0 aromatic rings. The molecule has 0 aliphatic heterocycles. The van der Waals surface area contributed by atoms with Crippen LogP contribution in [0.2, 0.25) is 0 Å². The Bertz CT molecular complexity index is 306. The van der Waals surface area contributed by atoms with Crippen molar-refractivity contribution in [3.8, 4) is 0 Å². The van der Waals surface area contributed by atoms with Crippen LogP contribution in [0.1, 0.15) is 6.42 Å². The van der Waals surface area contributed by atoms with Crippen molar-refractivity contribution in [1.82, 2.24) is 4.72 Å². The number of carboxylic acid groups (broad SMARTS) is 1. The van der Waals surface area contributed by atoms with Gasteiger partial charge < -0.3 is 9.84 Å². The molecule has 0 saturated carbocycles. The van der Waals surface area contributed by atoms with E-state index in [0.29, 0.717) is 0 Å².